The Hall–Kier alpha value is -1.85. The Bertz CT molecular complexity index is 545. The number of nitrogens with zero attached hydrogens (tertiary/aromatic N) is 1. The van der Waals surface area contributed by atoms with E-state index in [-0.39, 0.29) is 11.5 Å². The van der Waals surface area contributed by atoms with Gasteiger partial charge in [-0.25, -0.2) is 9.37 Å². The van der Waals surface area contributed by atoms with Crippen LogP contribution in [-0.4, -0.2) is 4.98 Å². The molecule has 0 aliphatic rings. The smallest absolute Gasteiger partial charge is 0.416 e. The molecule has 0 fully saturated rings. The second-order valence-electron chi connectivity index (χ2n) is 3.50. The van der Waals surface area contributed by atoms with Crippen LogP contribution in [0.4, 0.5) is 17.6 Å². The van der Waals surface area contributed by atoms with Gasteiger partial charge >= 0.3 is 6.18 Å². The lowest BCUT2D eigenvalue weighted by Gasteiger charge is -2.07. The summed E-state index contributed by atoms with van der Waals surface area (Å²) in [4.78, 5) is 3.75. The van der Waals surface area contributed by atoms with Gasteiger partial charge in [0.15, 0.2) is 0 Å². The highest BCUT2D eigenvalue weighted by atomic mass is 19.4. The van der Waals surface area contributed by atoms with Gasteiger partial charge in [-0.1, -0.05) is 0 Å². The molecule has 0 amide bonds. The van der Waals surface area contributed by atoms with Crippen LogP contribution in [0.25, 0.3) is 11.5 Å². The fourth-order valence-corrected chi connectivity index (χ4v) is 1.36. The normalized spacial score (nSPS) is 11.8. The van der Waals surface area contributed by atoms with E-state index < -0.39 is 17.6 Å². The number of halogens is 4. The van der Waals surface area contributed by atoms with Crippen molar-refractivity contribution in [3.63, 3.8) is 0 Å². The fourth-order valence-electron chi connectivity index (χ4n) is 1.36. The molecule has 1 aromatic carbocycles. The molecular weight excluding hydrogens is 238 g/mol. The van der Waals surface area contributed by atoms with E-state index in [4.69, 9.17) is 4.42 Å². The third-order valence-electron chi connectivity index (χ3n) is 2.09. The SMILES string of the molecule is Cc1cnc(-c2cc(F)cc(C(F)(F)F)c2)o1. The third kappa shape index (κ3) is 2.46. The molecule has 0 spiro atoms. The molecule has 0 radical (unpaired) electrons. The van der Waals surface area contributed by atoms with E-state index in [0.717, 1.165) is 12.1 Å². The van der Waals surface area contributed by atoms with Gasteiger partial charge in [0.1, 0.15) is 11.6 Å². The molecule has 0 atom stereocenters. The number of alkyl halides is 3. The summed E-state index contributed by atoms with van der Waals surface area (Å²) in [5.74, 6) is -0.573. The summed E-state index contributed by atoms with van der Waals surface area (Å²) in [5.41, 5.74) is -1.10. The largest absolute Gasteiger partial charge is 0.441 e. The van der Waals surface area contributed by atoms with Gasteiger partial charge in [-0.05, 0) is 25.1 Å². The van der Waals surface area contributed by atoms with Crippen LogP contribution in [0, 0.1) is 12.7 Å². The molecule has 0 unspecified atom stereocenters. The van der Waals surface area contributed by atoms with Crippen LogP contribution < -0.4 is 0 Å². The maximum atomic E-state index is 13.1. The average Bonchev–Trinajstić information content (AvgIpc) is 2.62. The highest BCUT2D eigenvalue weighted by molar-refractivity contribution is 5.55. The van der Waals surface area contributed by atoms with E-state index in [0.29, 0.717) is 11.8 Å². The first kappa shape index (κ1) is 11.6. The Morgan fingerprint density at radius 2 is 1.88 bits per heavy atom. The summed E-state index contributed by atoms with van der Waals surface area (Å²) < 4.78 is 55.5. The minimum Gasteiger partial charge on any atom is -0.441 e. The lowest BCUT2D eigenvalue weighted by Crippen LogP contribution is -2.05. The standard InChI is InChI=1S/C11H7F4NO/c1-6-5-16-10(17-6)7-2-8(11(13,14)15)4-9(12)3-7/h2-5H,1H3. The van der Waals surface area contributed by atoms with Crippen LogP contribution in [0.2, 0.25) is 0 Å². The molecule has 0 aliphatic heterocycles. The molecule has 2 rings (SSSR count). The van der Waals surface area contributed by atoms with Gasteiger partial charge in [-0.3, -0.25) is 0 Å². The van der Waals surface area contributed by atoms with E-state index in [1.165, 1.54) is 6.20 Å². The van der Waals surface area contributed by atoms with Crippen LogP contribution in [0.3, 0.4) is 0 Å². The maximum Gasteiger partial charge on any atom is 0.416 e. The summed E-state index contributed by atoms with van der Waals surface area (Å²) in [5, 5.41) is 0. The quantitative estimate of drug-likeness (QED) is 0.714. The van der Waals surface area contributed by atoms with Crippen molar-refractivity contribution in [1.82, 2.24) is 4.98 Å². The Balaban J connectivity index is 2.52. The van der Waals surface area contributed by atoms with E-state index in [1.54, 1.807) is 6.92 Å². The molecule has 6 heteroatoms. The molecule has 0 bridgehead atoms. The van der Waals surface area contributed by atoms with Gasteiger partial charge in [0.05, 0.1) is 11.8 Å². The van der Waals surface area contributed by atoms with E-state index >= 15 is 0 Å². The monoisotopic (exact) mass is 245 g/mol. The third-order valence-corrected chi connectivity index (χ3v) is 2.09. The van der Waals surface area contributed by atoms with Crippen molar-refractivity contribution in [2.45, 2.75) is 13.1 Å². The van der Waals surface area contributed by atoms with Crippen molar-refractivity contribution in [2.75, 3.05) is 0 Å². The van der Waals surface area contributed by atoms with Crippen molar-refractivity contribution in [1.29, 1.82) is 0 Å². The number of aryl methyl sites for hydroxylation is 1. The number of rotatable bonds is 1. The first-order valence-electron chi connectivity index (χ1n) is 4.67. The molecule has 90 valence electrons. The minimum absolute atomic E-state index is 0.0347. The molecule has 17 heavy (non-hydrogen) atoms. The number of hydrogen-bond acceptors (Lipinski definition) is 2. The summed E-state index contributed by atoms with van der Waals surface area (Å²) in [6.07, 6.45) is -3.24. The average molecular weight is 245 g/mol. The highest BCUT2D eigenvalue weighted by Crippen LogP contribution is 2.32. The van der Waals surface area contributed by atoms with Crippen molar-refractivity contribution < 1.29 is 22.0 Å². The predicted molar refractivity (Wildman–Crippen MR) is 51.6 cm³/mol. The Kier molecular flexibility index (Phi) is 2.65. The summed E-state index contributed by atoms with van der Waals surface area (Å²) in [7, 11) is 0. The molecule has 2 nitrogen and oxygen atoms in total. The summed E-state index contributed by atoms with van der Waals surface area (Å²) in [6.45, 7) is 1.60. The molecule has 2 aromatic rings. The van der Waals surface area contributed by atoms with E-state index in [1.807, 2.05) is 0 Å². The maximum absolute atomic E-state index is 13.1. The summed E-state index contributed by atoms with van der Waals surface area (Å²) >= 11 is 0. The highest BCUT2D eigenvalue weighted by Gasteiger charge is 2.31. The molecule has 1 aromatic heterocycles. The lowest BCUT2D eigenvalue weighted by atomic mass is 10.1. The van der Waals surface area contributed by atoms with Crippen LogP contribution in [0.1, 0.15) is 11.3 Å². The van der Waals surface area contributed by atoms with Crippen LogP contribution in [0.15, 0.2) is 28.8 Å². The number of hydrogen-bond donors (Lipinski definition) is 0. The second kappa shape index (κ2) is 3.87. The van der Waals surface area contributed by atoms with E-state index in [9.17, 15) is 17.6 Å². The van der Waals surface area contributed by atoms with Crippen LogP contribution in [-0.2, 0) is 6.18 Å². The van der Waals surface area contributed by atoms with Gasteiger partial charge in [0.2, 0.25) is 5.89 Å². The zero-order valence-corrected chi connectivity index (χ0v) is 8.68. The zero-order valence-electron chi connectivity index (χ0n) is 8.68. The number of aromatic nitrogens is 1. The molecule has 0 N–H and O–H groups in total. The fraction of sp³-hybridized carbons (Fsp3) is 0.182. The van der Waals surface area contributed by atoms with Crippen molar-refractivity contribution >= 4 is 0 Å². The number of benzene rings is 1. The van der Waals surface area contributed by atoms with Gasteiger partial charge in [0.25, 0.3) is 0 Å². The van der Waals surface area contributed by atoms with E-state index in [2.05, 4.69) is 4.98 Å². The summed E-state index contributed by atoms with van der Waals surface area (Å²) in [6, 6.07) is 2.17. The van der Waals surface area contributed by atoms with Crippen LogP contribution >= 0.6 is 0 Å². The lowest BCUT2D eigenvalue weighted by molar-refractivity contribution is -0.137. The first-order valence-corrected chi connectivity index (χ1v) is 4.67. The second-order valence-corrected chi connectivity index (χ2v) is 3.50. The Morgan fingerprint density at radius 1 is 1.18 bits per heavy atom. The van der Waals surface area contributed by atoms with Gasteiger partial charge in [-0.2, -0.15) is 13.2 Å². The van der Waals surface area contributed by atoms with Crippen molar-refractivity contribution in [3.8, 4) is 11.5 Å². The predicted octanol–water partition coefficient (Wildman–Crippen LogP) is 3.81. The minimum atomic E-state index is -4.60. The molecule has 0 saturated heterocycles. The zero-order chi connectivity index (χ0) is 12.6. The van der Waals surface area contributed by atoms with Gasteiger partial charge in [-0.15, -0.1) is 0 Å². The molecule has 0 aliphatic carbocycles. The Labute approximate surface area is 93.9 Å². The van der Waals surface area contributed by atoms with Crippen LogP contribution in [0.5, 0.6) is 0 Å². The van der Waals surface area contributed by atoms with Gasteiger partial charge in [0, 0.05) is 5.56 Å². The number of oxazole rings is 1. The molecule has 1 heterocycles. The van der Waals surface area contributed by atoms with Gasteiger partial charge < -0.3 is 4.42 Å². The topological polar surface area (TPSA) is 26.0 Å². The Morgan fingerprint density at radius 3 is 2.41 bits per heavy atom. The molecule has 0 saturated carbocycles. The molecular formula is C11H7F4NO. The first-order chi connectivity index (χ1) is 7.86. The van der Waals surface area contributed by atoms with Crippen molar-refractivity contribution in [3.05, 3.63) is 41.5 Å². The van der Waals surface area contributed by atoms with Crippen molar-refractivity contribution in [2.24, 2.45) is 0 Å².